The van der Waals surface area contributed by atoms with E-state index in [0.717, 1.165) is 22.3 Å². The maximum atomic E-state index is 12.4. The number of nitrogens with one attached hydrogen (secondary N) is 1. The molecular formula is C19H23NO4. The van der Waals surface area contributed by atoms with Gasteiger partial charge in [-0.25, -0.2) is 4.79 Å². The minimum absolute atomic E-state index is 0.268. The highest BCUT2D eigenvalue weighted by Crippen LogP contribution is 2.26. The summed E-state index contributed by atoms with van der Waals surface area (Å²) in [7, 11) is 0. The quantitative estimate of drug-likeness (QED) is 0.855. The van der Waals surface area contributed by atoms with Crippen molar-refractivity contribution in [3.05, 3.63) is 57.5 Å². The summed E-state index contributed by atoms with van der Waals surface area (Å²) in [6, 6.07) is 3.51. The van der Waals surface area contributed by atoms with E-state index >= 15 is 0 Å². The monoisotopic (exact) mass is 329 g/mol. The van der Waals surface area contributed by atoms with E-state index in [9.17, 15) is 9.59 Å². The second kappa shape index (κ2) is 7.34. The molecule has 1 heterocycles. The van der Waals surface area contributed by atoms with Crippen molar-refractivity contribution in [2.75, 3.05) is 6.61 Å². The average molecular weight is 329 g/mol. The highest BCUT2D eigenvalue weighted by atomic mass is 16.5. The van der Waals surface area contributed by atoms with Gasteiger partial charge in [-0.05, 0) is 74.6 Å². The van der Waals surface area contributed by atoms with Crippen molar-refractivity contribution in [1.29, 1.82) is 0 Å². The van der Waals surface area contributed by atoms with E-state index in [4.69, 9.17) is 9.15 Å². The van der Waals surface area contributed by atoms with Crippen molar-refractivity contribution < 1.29 is 18.7 Å². The minimum atomic E-state index is -0.468. The van der Waals surface area contributed by atoms with Crippen molar-refractivity contribution >= 4 is 11.9 Å². The first kappa shape index (κ1) is 17.8. The molecule has 0 aliphatic rings. The Labute approximate surface area is 142 Å². The number of amides is 1. The molecule has 24 heavy (non-hydrogen) atoms. The third kappa shape index (κ3) is 3.67. The molecule has 0 aliphatic carbocycles. The lowest BCUT2D eigenvalue weighted by atomic mass is 9.90. The number of esters is 1. The lowest BCUT2D eigenvalue weighted by Gasteiger charge is -2.17. The van der Waals surface area contributed by atoms with Crippen molar-refractivity contribution in [1.82, 2.24) is 5.32 Å². The molecule has 5 nitrogen and oxygen atoms in total. The summed E-state index contributed by atoms with van der Waals surface area (Å²) in [6.45, 7) is 9.79. The van der Waals surface area contributed by atoms with Crippen LogP contribution in [0.15, 0.2) is 22.8 Å². The van der Waals surface area contributed by atoms with Gasteiger partial charge in [-0.1, -0.05) is 0 Å². The molecule has 1 N–H and O–H groups in total. The molecule has 0 bridgehead atoms. The smallest absolute Gasteiger partial charge is 0.339 e. The van der Waals surface area contributed by atoms with E-state index < -0.39 is 5.97 Å². The molecule has 1 aromatic carbocycles. The van der Waals surface area contributed by atoms with Gasteiger partial charge in [-0.2, -0.15) is 0 Å². The topological polar surface area (TPSA) is 68.5 Å². The molecule has 2 aromatic rings. The van der Waals surface area contributed by atoms with Crippen molar-refractivity contribution in [2.24, 2.45) is 0 Å². The van der Waals surface area contributed by atoms with Gasteiger partial charge < -0.3 is 14.5 Å². The lowest BCUT2D eigenvalue weighted by Crippen LogP contribution is -2.28. The molecule has 1 amide bonds. The number of ether oxygens (including phenoxy) is 1. The first-order valence-electron chi connectivity index (χ1n) is 7.86. The normalized spacial score (nSPS) is 10.5. The molecule has 0 saturated carbocycles. The number of carbonyl (C=O) groups excluding carboxylic acids is 2. The molecule has 0 saturated heterocycles. The van der Waals surface area contributed by atoms with Crippen LogP contribution in [0, 0.1) is 34.6 Å². The van der Waals surface area contributed by atoms with Gasteiger partial charge >= 0.3 is 5.97 Å². The van der Waals surface area contributed by atoms with E-state index in [1.54, 1.807) is 12.1 Å². The fourth-order valence-electron chi connectivity index (χ4n) is 2.66. The van der Waals surface area contributed by atoms with Crippen molar-refractivity contribution in [2.45, 2.75) is 41.2 Å². The Morgan fingerprint density at radius 2 is 1.58 bits per heavy atom. The molecule has 5 heteroatoms. The van der Waals surface area contributed by atoms with Gasteiger partial charge in [0, 0.05) is 0 Å². The van der Waals surface area contributed by atoms with Crippen LogP contribution in [0.1, 0.15) is 43.9 Å². The van der Waals surface area contributed by atoms with Crippen LogP contribution in [0.5, 0.6) is 0 Å². The minimum Gasteiger partial charge on any atom is -0.467 e. The van der Waals surface area contributed by atoms with Crippen molar-refractivity contribution in [3.8, 4) is 0 Å². The first-order chi connectivity index (χ1) is 11.3. The average Bonchev–Trinajstić information content (AvgIpc) is 3.08. The predicted octanol–water partition coefficient (Wildman–Crippen LogP) is 3.29. The van der Waals surface area contributed by atoms with Gasteiger partial charge in [0.1, 0.15) is 5.76 Å². The SMILES string of the molecule is Cc1c(C)c(C)c(C(=O)OCC(=O)NCc2ccco2)c(C)c1C. The summed E-state index contributed by atoms with van der Waals surface area (Å²) in [4.78, 5) is 24.2. The Kier molecular flexibility index (Phi) is 5.44. The summed E-state index contributed by atoms with van der Waals surface area (Å²) >= 11 is 0. The van der Waals surface area contributed by atoms with Gasteiger partial charge in [0.25, 0.3) is 5.91 Å². The Balaban J connectivity index is 2.01. The number of rotatable bonds is 5. The largest absolute Gasteiger partial charge is 0.467 e. The van der Waals surface area contributed by atoms with Crippen LogP contribution in [-0.4, -0.2) is 18.5 Å². The molecule has 0 atom stereocenters. The summed E-state index contributed by atoms with van der Waals surface area (Å²) < 4.78 is 10.3. The second-order valence-electron chi connectivity index (χ2n) is 5.93. The van der Waals surface area contributed by atoms with Crippen LogP contribution < -0.4 is 5.32 Å². The first-order valence-corrected chi connectivity index (χ1v) is 7.86. The zero-order valence-electron chi connectivity index (χ0n) is 14.8. The molecule has 128 valence electrons. The summed E-state index contributed by atoms with van der Waals surface area (Å²) in [5.41, 5.74) is 5.68. The van der Waals surface area contributed by atoms with Crippen LogP contribution in [0.3, 0.4) is 0 Å². The van der Waals surface area contributed by atoms with Crippen molar-refractivity contribution in [3.63, 3.8) is 0 Å². The Bertz CT molecular complexity index is 731. The third-order valence-corrected chi connectivity index (χ3v) is 4.58. The van der Waals surface area contributed by atoms with E-state index in [1.165, 1.54) is 11.8 Å². The summed E-state index contributed by atoms with van der Waals surface area (Å²) in [5.74, 6) is -0.189. The number of furan rings is 1. The van der Waals surface area contributed by atoms with Gasteiger partial charge in [0.2, 0.25) is 0 Å². The maximum Gasteiger partial charge on any atom is 0.339 e. The molecule has 1 aromatic heterocycles. The highest BCUT2D eigenvalue weighted by molar-refractivity contribution is 5.95. The summed E-state index contributed by atoms with van der Waals surface area (Å²) in [6.07, 6.45) is 1.54. The highest BCUT2D eigenvalue weighted by Gasteiger charge is 2.20. The number of benzene rings is 1. The number of hydrogen-bond donors (Lipinski definition) is 1. The second-order valence-corrected chi connectivity index (χ2v) is 5.93. The molecular weight excluding hydrogens is 306 g/mol. The fourth-order valence-corrected chi connectivity index (χ4v) is 2.66. The number of hydrogen-bond acceptors (Lipinski definition) is 4. The molecule has 0 aliphatic heterocycles. The van der Waals surface area contributed by atoms with Gasteiger partial charge in [-0.15, -0.1) is 0 Å². The fraction of sp³-hybridized carbons (Fsp3) is 0.368. The van der Waals surface area contributed by atoms with Crippen LogP contribution in [0.4, 0.5) is 0 Å². The lowest BCUT2D eigenvalue weighted by molar-refractivity contribution is -0.124. The van der Waals surface area contributed by atoms with Crippen LogP contribution in [0.25, 0.3) is 0 Å². The number of carbonyl (C=O) groups is 2. The van der Waals surface area contributed by atoms with Gasteiger partial charge in [0.15, 0.2) is 6.61 Å². The Hall–Kier alpha value is -2.56. The van der Waals surface area contributed by atoms with Crippen LogP contribution in [0.2, 0.25) is 0 Å². The van der Waals surface area contributed by atoms with Gasteiger partial charge in [0.05, 0.1) is 18.4 Å². The molecule has 2 rings (SSSR count). The molecule has 0 spiro atoms. The zero-order chi connectivity index (χ0) is 17.9. The standard InChI is InChI=1S/C19H23NO4/c1-11-12(2)14(4)18(15(5)13(11)3)19(22)24-10-17(21)20-9-16-7-6-8-23-16/h6-8H,9-10H2,1-5H3,(H,20,21). The third-order valence-electron chi connectivity index (χ3n) is 4.58. The van der Waals surface area contributed by atoms with E-state index in [2.05, 4.69) is 5.32 Å². The van der Waals surface area contributed by atoms with E-state index in [-0.39, 0.29) is 19.1 Å². The molecule has 0 unspecified atom stereocenters. The molecule has 0 fully saturated rings. The molecule has 0 radical (unpaired) electrons. The van der Waals surface area contributed by atoms with Crippen LogP contribution >= 0.6 is 0 Å². The van der Waals surface area contributed by atoms with Gasteiger partial charge in [-0.3, -0.25) is 4.79 Å². The maximum absolute atomic E-state index is 12.4. The Morgan fingerprint density at radius 1 is 1.00 bits per heavy atom. The van der Waals surface area contributed by atoms with Crippen LogP contribution in [-0.2, 0) is 16.1 Å². The Morgan fingerprint density at radius 3 is 2.12 bits per heavy atom. The van der Waals surface area contributed by atoms with E-state index in [0.29, 0.717) is 11.3 Å². The predicted molar refractivity (Wildman–Crippen MR) is 91.0 cm³/mol. The van der Waals surface area contributed by atoms with E-state index in [1.807, 2.05) is 34.6 Å². The summed E-state index contributed by atoms with van der Waals surface area (Å²) in [5, 5.41) is 2.64. The zero-order valence-corrected chi connectivity index (χ0v) is 14.8.